The van der Waals surface area contributed by atoms with Gasteiger partial charge in [0.15, 0.2) is 5.82 Å². The minimum absolute atomic E-state index is 0.0689. The Labute approximate surface area is 217 Å². The van der Waals surface area contributed by atoms with Crippen LogP contribution in [0.25, 0.3) is 16.9 Å². The molecule has 0 aliphatic carbocycles. The van der Waals surface area contributed by atoms with Gasteiger partial charge in [0.05, 0.1) is 34.5 Å². The van der Waals surface area contributed by atoms with E-state index in [9.17, 15) is 12.8 Å². The summed E-state index contributed by atoms with van der Waals surface area (Å²) in [5.41, 5.74) is 2.24. The van der Waals surface area contributed by atoms with Gasteiger partial charge >= 0.3 is 0 Å². The number of sulfonamides is 1. The van der Waals surface area contributed by atoms with Gasteiger partial charge in [0.25, 0.3) is 0 Å². The van der Waals surface area contributed by atoms with Gasteiger partial charge in [-0.1, -0.05) is 56.8 Å². The summed E-state index contributed by atoms with van der Waals surface area (Å²) in [4.78, 5) is 6.72. The molecule has 1 aromatic carbocycles. The summed E-state index contributed by atoms with van der Waals surface area (Å²) in [7, 11) is -3.60. The Morgan fingerprint density at radius 1 is 1.06 bits per heavy atom. The number of hydrogen-bond donors (Lipinski definition) is 1. The van der Waals surface area contributed by atoms with Crippen LogP contribution in [0.4, 0.5) is 15.8 Å². The van der Waals surface area contributed by atoms with Crippen LogP contribution in [0.2, 0.25) is 5.02 Å². The van der Waals surface area contributed by atoms with E-state index < -0.39 is 15.8 Å². The monoisotopic (exact) mass is 536 g/mol. The standard InChI is InChI=1S/C25H34ClFN6O2S/c1-4-7-8-9-13-32(12-5-2)20-15-19(16-28-17-20)23-18-33(31-29-23)25-21(27)10-11-22(24(25)26)30-36(34,35)14-6-3/h10-11,15-18,30H,4-9,12-14H2,1-3H3. The predicted octanol–water partition coefficient (Wildman–Crippen LogP) is 6.07. The van der Waals surface area contributed by atoms with Crippen molar-refractivity contribution < 1.29 is 12.8 Å². The third-order valence-electron chi connectivity index (χ3n) is 5.69. The fraction of sp³-hybridized carbons (Fsp3) is 0.480. The number of anilines is 2. The molecule has 0 aliphatic rings. The highest BCUT2D eigenvalue weighted by atomic mass is 35.5. The molecule has 1 N–H and O–H groups in total. The number of rotatable bonds is 14. The Kier molecular flexibility index (Phi) is 10.1. The largest absolute Gasteiger partial charge is 0.370 e. The molecule has 2 heterocycles. The Bertz CT molecular complexity index is 1250. The first-order valence-electron chi connectivity index (χ1n) is 12.4. The molecule has 0 radical (unpaired) electrons. The molecule has 0 bridgehead atoms. The smallest absolute Gasteiger partial charge is 0.232 e. The second-order valence-corrected chi connectivity index (χ2v) is 10.9. The summed E-state index contributed by atoms with van der Waals surface area (Å²) < 4.78 is 42.8. The SMILES string of the molecule is CCCCCCN(CCC)c1cncc(-c2cn(-c3c(F)ccc(NS(=O)(=O)CCC)c3Cl)nn2)c1. The van der Waals surface area contributed by atoms with Crippen LogP contribution < -0.4 is 9.62 Å². The van der Waals surface area contributed by atoms with Gasteiger partial charge in [0, 0.05) is 24.8 Å². The lowest BCUT2D eigenvalue weighted by Crippen LogP contribution is -2.25. The van der Waals surface area contributed by atoms with Crippen molar-refractivity contribution in [2.24, 2.45) is 0 Å². The van der Waals surface area contributed by atoms with E-state index in [1.54, 1.807) is 19.3 Å². The summed E-state index contributed by atoms with van der Waals surface area (Å²) in [5.74, 6) is -0.719. The molecule has 0 fully saturated rings. The maximum atomic E-state index is 14.8. The van der Waals surface area contributed by atoms with Gasteiger partial charge in [-0.3, -0.25) is 9.71 Å². The fourth-order valence-corrected chi connectivity index (χ4v) is 5.42. The summed E-state index contributed by atoms with van der Waals surface area (Å²) in [6, 6.07) is 4.45. The van der Waals surface area contributed by atoms with Crippen LogP contribution in [-0.2, 0) is 10.0 Å². The molecule has 0 saturated carbocycles. The average molecular weight is 537 g/mol. The molecule has 36 heavy (non-hydrogen) atoms. The molecule has 8 nitrogen and oxygen atoms in total. The van der Waals surface area contributed by atoms with Crippen molar-refractivity contribution in [1.29, 1.82) is 0 Å². The Balaban J connectivity index is 1.88. The molecule has 0 unspecified atom stereocenters. The maximum absolute atomic E-state index is 14.8. The lowest BCUT2D eigenvalue weighted by Gasteiger charge is -2.24. The Morgan fingerprint density at radius 2 is 1.86 bits per heavy atom. The van der Waals surface area contributed by atoms with Crippen molar-refractivity contribution >= 4 is 33.0 Å². The van der Waals surface area contributed by atoms with Crippen LogP contribution in [0.15, 0.2) is 36.8 Å². The normalized spacial score (nSPS) is 11.6. The molecule has 0 aliphatic heterocycles. The van der Waals surface area contributed by atoms with E-state index in [-0.39, 0.29) is 22.2 Å². The number of aromatic nitrogens is 4. The van der Waals surface area contributed by atoms with E-state index in [0.29, 0.717) is 12.1 Å². The van der Waals surface area contributed by atoms with Crippen LogP contribution in [-0.4, -0.2) is 47.2 Å². The quantitative estimate of drug-likeness (QED) is 0.251. The lowest BCUT2D eigenvalue weighted by molar-refractivity contribution is 0.599. The highest BCUT2D eigenvalue weighted by Crippen LogP contribution is 2.32. The maximum Gasteiger partial charge on any atom is 0.232 e. The van der Waals surface area contributed by atoms with Gasteiger partial charge in [-0.15, -0.1) is 5.10 Å². The first kappa shape index (κ1) is 27.9. The second-order valence-electron chi connectivity index (χ2n) is 8.71. The first-order chi connectivity index (χ1) is 17.3. The summed E-state index contributed by atoms with van der Waals surface area (Å²) in [6.45, 7) is 7.98. The molecule has 3 aromatic rings. The minimum Gasteiger partial charge on any atom is -0.370 e. The van der Waals surface area contributed by atoms with Crippen LogP contribution in [0.5, 0.6) is 0 Å². The highest BCUT2D eigenvalue weighted by molar-refractivity contribution is 7.92. The first-order valence-corrected chi connectivity index (χ1v) is 14.4. The highest BCUT2D eigenvalue weighted by Gasteiger charge is 2.20. The van der Waals surface area contributed by atoms with Crippen molar-refractivity contribution in [3.05, 3.63) is 47.6 Å². The van der Waals surface area contributed by atoms with Crippen LogP contribution in [0.3, 0.4) is 0 Å². The summed E-state index contributed by atoms with van der Waals surface area (Å²) in [5, 5.41) is 8.17. The zero-order valence-corrected chi connectivity index (χ0v) is 22.6. The number of nitrogens with one attached hydrogen (secondary N) is 1. The molecule has 196 valence electrons. The molecule has 11 heteroatoms. The third kappa shape index (κ3) is 7.16. The average Bonchev–Trinajstić information content (AvgIpc) is 3.33. The predicted molar refractivity (Wildman–Crippen MR) is 144 cm³/mol. The number of pyridine rings is 1. The molecule has 0 saturated heterocycles. The molecule has 3 rings (SSSR count). The summed E-state index contributed by atoms with van der Waals surface area (Å²) >= 11 is 6.41. The zero-order chi connectivity index (χ0) is 26.1. The number of nitrogens with zero attached hydrogens (tertiary/aromatic N) is 5. The Hall–Kier alpha value is -2.72. The second kappa shape index (κ2) is 13.0. The van der Waals surface area contributed by atoms with E-state index in [1.807, 2.05) is 12.3 Å². The van der Waals surface area contributed by atoms with Crippen LogP contribution in [0, 0.1) is 5.82 Å². The van der Waals surface area contributed by atoms with Crippen molar-refractivity contribution in [3.63, 3.8) is 0 Å². The van der Waals surface area contributed by atoms with E-state index in [1.165, 1.54) is 30.0 Å². The fourth-order valence-electron chi connectivity index (χ4n) is 3.93. The molecule has 0 amide bonds. The van der Waals surface area contributed by atoms with E-state index in [4.69, 9.17) is 11.6 Å². The van der Waals surface area contributed by atoms with Gasteiger partial charge in [-0.25, -0.2) is 17.5 Å². The van der Waals surface area contributed by atoms with Gasteiger partial charge in [0.1, 0.15) is 11.4 Å². The molecule has 2 aromatic heterocycles. The van der Waals surface area contributed by atoms with Gasteiger partial charge in [0.2, 0.25) is 10.0 Å². The van der Waals surface area contributed by atoms with E-state index >= 15 is 0 Å². The van der Waals surface area contributed by atoms with Gasteiger partial charge < -0.3 is 4.90 Å². The van der Waals surface area contributed by atoms with Crippen molar-refractivity contribution in [3.8, 4) is 16.9 Å². The number of hydrogen-bond acceptors (Lipinski definition) is 6. The van der Waals surface area contributed by atoms with Gasteiger partial charge in [-0.2, -0.15) is 0 Å². The number of halogens is 2. The molecule has 0 atom stereocenters. The van der Waals surface area contributed by atoms with Crippen molar-refractivity contribution in [2.45, 2.75) is 59.3 Å². The van der Waals surface area contributed by atoms with Crippen LogP contribution >= 0.6 is 11.6 Å². The third-order valence-corrected chi connectivity index (χ3v) is 7.55. The molecular formula is C25H34ClFN6O2S. The van der Waals surface area contributed by atoms with Crippen molar-refractivity contribution in [1.82, 2.24) is 20.0 Å². The number of unbranched alkanes of at least 4 members (excludes halogenated alkanes) is 3. The van der Waals surface area contributed by atoms with Crippen molar-refractivity contribution in [2.75, 3.05) is 28.5 Å². The van der Waals surface area contributed by atoms with Crippen LogP contribution in [0.1, 0.15) is 59.3 Å². The summed E-state index contributed by atoms with van der Waals surface area (Å²) in [6.07, 6.45) is 11.3. The molecule has 0 spiro atoms. The van der Waals surface area contributed by atoms with E-state index in [2.05, 4.69) is 38.8 Å². The topological polar surface area (TPSA) is 93.0 Å². The lowest BCUT2D eigenvalue weighted by atomic mass is 10.1. The number of benzene rings is 1. The zero-order valence-electron chi connectivity index (χ0n) is 21.0. The Morgan fingerprint density at radius 3 is 2.58 bits per heavy atom. The molecular weight excluding hydrogens is 503 g/mol. The minimum atomic E-state index is -3.60. The van der Waals surface area contributed by atoms with Gasteiger partial charge in [-0.05, 0) is 37.5 Å². The van der Waals surface area contributed by atoms with E-state index in [0.717, 1.165) is 43.2 Å².